The molecule has 1 fully saturated rings. The fraction of sp³-hybridized carbons (Fsp3) is 0.538. The van der Waals surface area contributed by atoms with Crippen LogP contribution >= 0.6 is 15.9 Å². The van der Waals surface area contributed by atoms with Gasteiger partial charge in [-0.3, -0.25) is 0 Å². The Morgan fingerprint density at radius 2 is 1.94 bits per heavy atom. The van der Waals surface area contributed by atoms with Gasteiger partial charge in [-0.2, -0.15) is 0 Å². The van der Waals surface area contributed by atoms with E-state index in [0.717, 1.165) is 31.2 Å². The first-order valence-electron chi connectivity index (χ1n) is 5.76. The summed E-state index contributed by atoms with van der Waals surface area (Å²) in [5.41, 5.74) is 0.235. The summed E-state index contributed by atoms with van der Waals surface area (Å²) in [5, 5.41) is 10.4. The van der Waals surface area contributed by atoms with Crippen LogP contribution in [0.2, 0.25) is 0 Å². The Morgan fingerprint density at radius 3 is 2.62 bits per heavy atom. The topological polar surface area (TPSA) is 20.2 Å². The molecule has 0 amide bonds. The van der Waals surface area contributed by atoms with Crippen molar-refractivity contribution in [3.05, 3.63) is 34.1 Å². The van der Waals surface area contributed by atoms with Gasteiger partial charge < -0.3 is 5.11 Å². The highest BCUT2D eigenvalue weighted by atomic mass is 79.9. The first-order valence-corrected chi connectivity index (χ1v) is 6.55. The Balaban J connectivity index is 2.16. The van der Waals surface area contributed by atoms with Gasteiger partial charge in [0.25, 0.3) is 0 Å². The number of halogens is 2. The van der Waals surface area contributed by atoms with Crippen molar-refractivity contribution in [1.82, 2.24) is 0 Å². The van der Waals surface area contributed by atoms with E-state index in [0.29, 0.717) is 10.9 Å². The van der Waals surface area contributed by atoms with Gasteiger partial charge in [-0.25, -0.2) is 4.39 Å². The molecule has 2 rings (SSSR count). The summed E-state index contributed by atoms with van der Waals surface area (Å²) in [6, 6.07) is 5.00. The molecule has 1 aliphatic rings. The predicted octanol–water partition coefficient (Wildman–Crippen LogP) is 3.83. The average molecular weight is 287 g/mol. The second kappa shape index (κ2) is 4.84. The Labute approximate surface area is 104 Å². The third-order valence-corrected chi connectivity index (χ3v) is 4.22. The Hall–Kier alpha value is -0.410. The van der Waals surface area contributed by atoms with E-state index in [-0.39, 0.29) is 5.82 Å². The van der Waals surface area contributed by atoms with Crippen LogP contribution in [0.15, 0.2) is 22.7 Å². The lowest BCUT2D eigenvalue weighted by molar-refractivity contribution is 0.00430. The zero-order chi connectivity index (χ0) is 11.6. The van der Waals surface area contributed by atoms with Crippen molar-refractivity contribution in [3.8, 4) is 0 Å². The summed E-state index contributed by atoms with van der Waals surface area (Å²) in [7, 11) is 0. The molecule has 1 saturated carbocycles. The van der Waals surface area contributed by atoms with Crippen molar-refractivity contribution in [2.45, 2.75) is 44.1 Å². The number of benzene rings is 1. The van der Waals surface area contributed by atoms with Gasteiger partial charge >= 0.3 is 0 Å². The van der Waals surface area contributed by atoms with Gasteiger partial charge in [0.05, 0.1) is 10.1 Å². The van der Waals surface area contributed by atoms with Crippen molar-refractivity contribution >= 4 is 15.9 Å². The third-order valence-electron chi connectivity index (χ3n) is 3.34. The maximum Gasteiger partial charge on any atom is 0.137 e. The van der Waals surface area contributed by atoms with E-state index < -0.39 is 5.60 Å². The Kier molecular flexibility index (Phi) is 3.65. The molecular weight excluding hydrogens is 271 g/mol. The van der Waals surface area contributed by atoms with E-state index in [1.54, 1.807) is 6.07 Å². The van der Waals surface area contributed by atoms with E-state index in [9.17, 15) is 9.50 Å². The molecule has 0 aliphatic heterocycles. The van der Waals surface area contributed by atoms with Crippen molar-refractivity contribution in [3.63, 3.8) is 0 Å². The number of hydrogen-bond donors (Lipinski definition) is 1. The standard InChI is InChI=1S/C13H16BrFO/c14-12-10(5-4-6-11(12)15)9-13(16)7-2-1-3-8-13/h4-6,16H,1-3,7-9H2. The maximum absolute atomic E-state index is 13.3. The van der Waals surface area contributed by atoms with Crippen LogP contribution < -0.4 is 0 Å². The Bertz CT molecular complexity index is 372. The van der Waals surface area contributed by atoms with Gasteiger partial charge in [0, 0.05) is 6.42 Å². The van der Waals surface area contributed by atoms with Gasteiger partial charge in [0.1, 0.15) is 5.82 Å². The van der Waals surface area contributed by atoms with Crippen LogP contribution in [0.3, 0.4) is 0 Å². The van der Waals surface area contributed by atoms with E-state index in [4.69, 9.17) is 0 Å². The molecule has 0 radical (unpaired) electrons. The molecule has 0 atom stereocenters. The molecule has 1 N–H and O–H groups in total. The molecule has 1 aromatic carbocycles. The molecule has 0 unspecified atom stereocenters. The summed E-state index contributed by atoms with van der Waals surface area (Å²) in [5.74, 6) is -0.253. The highest BCUT2D eigenvalue weighted by molar-refractivity contribution is 9.10. The van der Waals surface area contributed by atoms with Crippen LogP contribution in [0, 0.1) is 5.82 Å². The second-order valence-corrected chi connectivity index (χ2v) is 5.47. The van der Waals surface area contributed by atoms with Gasteiger partial charge in [-0.15, -0.1) is 0 Å². The molecule has 1 nitrogen and oxygen atoms in total. The molecule has 0 heterocycles. The van der Waals surface area contributed by atoms with Crippen molar-refractivity contribution < 1.29 is 9.50 Å². The lowest BCUT2D eigenvalue weighted by atomic mass is 9.80. The molecule has 0 bridgehead atoms. The van der Waals surface area contributed by atoms with Crippen molar-refractivity contribution in [2.24, 2.45) is 0 Å². The average Bonchev–Trinajstić information content (AvgIpc) is 2.26. The molecule has 0 saturated heterocycles. The summed E-state index contributed by atoms with van der Waals surface area (Å²) in [6.07, 6.45) is 5.55. The summed E-state index contributed by atoms with van der Waals surface area (Å²) in [4.78, 5) is 0. The smallest absolute Gasteiger partial charge is 0.137 e. The van der Waals surface area contributed by atoms with Crippen LogP contribution in [-0.4, -0.2) is 10.7 Å². The van der Waals surface area contributed by atoms with Crippen LogP contribution in [0.1, 0.15) is 37.7 Å². The van der Waals surface area contributed by atoms with E-state index in [1.807, 2.05) is 6.07 Å². The number of rotatable bonds is 2. The minimum atomic E-state index is -0.630. The van der Waals surface area contributed by atoms with Gasteiger partial charge in [0.2, 0.25) is 0 Å². The molecule has 1 aliphatic carbocycles. The fourth-order valence-electron chi connectivity index (χ4n) is 2.43. The lowest BCUT2D eigenvalue weighted by Gasteiger charge is -2.32. The Morgan fingerprint density at radius 1 is 1.25 bits per heavy atom. The fourth-order valence-corrected chi connectivity index (χ4v) is 2.83. The van der Waals surface area contributed by atoms with E-state index in [2.05, 4.69) is 15.9 Å². The summed E-state index contributed by atoms with van der Waals surface area (Å²) in [6.45, 7) is 0. The van der Waals surface area contributed by atoms with Gasteiger partial charge in [-0.1, -0.05) is 31.4 Å². The molecule has 0 aromatic heterocycles. The quantitative estimate of drug-likeness (QED) is 0.876. The zero-order valence-corrected chi connectivity index (χ0v) is 10.8. The normalized spacial score (nSPS) is 19.7. The summed E-state index contributed by atoms with van der Waals surface area (Å²) >= 11 is 3.25. The molecule has 1 aromatic rings. The van der Waals surface area contributed by atoms with Gasteiger partial charge in [-0.05, 0) is 40.4 Å². The maximum atomic E-state index is 13.3. The molecule has 16 heavy (non-hydrogen) atoms. The predicted molar refractivity (Wildman–Crippen MR) is 65.8 cm³/mol. The number of aliphatic hydroxyl groups is 1. The van der Waals surface area contributed by atoms with Crippen molar-refractivity contribution in [1.29, 1.82) is 0 Å². The number of hydrogen-bond acceptors (Lipinski definition) is 1. The van der Waals surface area contributed by atoms with Gasteiger partial charge in [0.15, 0.2) is 0 Å². The largest absolute Gasteiger partial charge is 0.390 e. The first kappa shape index (κ1) is 12.1. The minimum absolute atomic E-state index is 0.253. The molecule has 0 spiro atoms. The summed E-state index contributed by atoms with van der Waals surface area (Å²) < 4.78 is 13.8. The van der Waals surface area contributed by atoms with Crippen LogP contribution in [0.25, 0.3) is 0 Å². The van der Waals surface area contributed by atoms with Crippen molar-refractivity contribution in [2.75, 3.05) is 0 Å². The molecule has 88 valence electrons. The molecular formula is C13H16BrFO. The van der Waals surface area contributed by atoms with Crippen LogP contribution in [0.5, 0.6) is 0 Å². The molecule has 3 heteroatoms. The highest BCUT2D eigenvalue weighted by Crippen LogP contribution is 2.33. The monoisotopic (exact) mass is 286 g/mol. The zero-order valence-electron chi connectivity index (χ0n) is 9.18. The van der Waals surface area contributed by atoms with Crippen LogP contribution in [-0.2, 0) is 6.42 Å². The second-order valence-electron chi connectivity index (χ2n) is 4.67. The third kappa shape index (κ3) is 2.64. The van der Waals surface area contributed by atoms with E-state index in [1.165, 1.54) is 12.5 Å². The minimum Gasteiger partial charge on any atom is -0.390 e. The SMILES string of the molecule is OC1(Cc2cccc(F)c2Br)CCCCC1. The lowest BCUT2D eigenvalue weighted by Crippen LogP contribution is -2.33. The van der Waals surface area contributed by atoms with E-state index >= 15 is 0 Å². The first-order chi connectivity index (χ1) is 7.61. The van der Waals surface area contributed by atoms with Crippen LogP contribution in [0.4, 0.5) is 4.39 Å². The highest BCUT2D eigenvalue weighted by Gasteiger charge is 2.30.